The lowest BCUT2D eigenvalue weighted by molar-refractivity contribution is -0.119. The van der Waals surface area contributed by atoms with E-state index < -0.39 is 11.9 Å². The minimum Gasteiger partial charge on any atom is -0.494 e. The summed E-state index contributed by atoms with van der Waals surface area (Å²) in [5.41, 5.74) is 1.04. The highest BCUT2D eigenvalue weighted by molar-refractivity contribution is 14.1. The standard InChI is InChI=1S/C17H16INO4/c1-2-22-15-8-6-14(7-9-15)19-16(20)11-23-17(21)12-4-3-5-13(18)10-12/h3-10H,2,11H2,1H3,(H,19,20). The third-order valence-electron chi connectivity index (χ3n) is 2.84. The van der Waals surface area contributed by atoms with Gasteiger partial charge in [0, 0.05) is 9.26 Å². The summed E-state index contributed by atoms with van der Waals surface area (Å²) in [6, 6.07) is 14.0. The van der Waals surface area contributed by atoms with Crippen LogP contribution in [-0.4, -0.2) is 25.1 Å². The number of halogens is 1. The van der Waals surface area contributed by atoms with E-state index in [2.05, 4.69) is 27.9 Å². The van der Waals surface area contributed by atoms with Gasteiger partial charge in [-0.15, -0.1) is 0 Å². The summed E-state index contributed by atoms with van der Waals surface area (Å²) in [6.45, 7) is 2.15. The normalized spacial score (nSPS) is 10.0. The van der Waals surface area contributed by atoms with Crippen LogP contribution in [0.4, 0.5) is 5.69 Å². The van der Waals surface area contributed by atoms with E-state index >= 15 is 0 Å². The molecule has 0 saturated heterocycles. The highest BCUT2D eigenvalue weighted by atomic mass is 127. The summed E-state index contributed by atoms with van der Waals surface area (Å²) in [5, 5.41) is 2.66. The van der Waals surface area contributed by atoms with Gasteiger partial charge in [-0.3, -0.25) is 4.79 Å². The molecule has 2 aromatic rings. The number of rotatable bonds is 6. The minimum atomic E-state index is -0.523. The van der Waals surface area contributed by atoms with Crippen LogP contribution in [0.25, 0.3) is 0 Å². The van der Waals surface area contributed by atoms with Crippen molar-refractivity contribution >= 4 is 40.2 Å². The zero-order chi connectivity index (χ0) is 16.7. The molecule has 0 fully saturated rings. The monoisotopic (exact) mass is 425 g/mol. The van der Waals surface area contributed by atoms with E-state index in [1.54, 1.807) is 42.5 Å². The van der Waals surface area contributed by atoms with Crippen molar-refractivity contribution in [2.45, 2.75) is 6.92 Å². The molecule has 0 bridgehead atoms. The van der Waals surface area contributed by atoms with Crippen LogP contribution in [0.15, 0.2) is 48.5 Å². The van der Waals surface area contributed by atoms with Crippen LogP contribution in [0.2, 0.25) is 0 Å². The number of benzene rings is 2. The van der Waals surface area contributed by atoms with E-state index in [0.717, 1.165) is 9.32 Å². The first kappa shape index (κ1) is 17.3. The van der Waals surface area contributed by atoms with Crippen molar-refractivity contribution in [3.8, 4) is 5.75 Å². The lowest BCUT2D eigenvalue weighted by atomic mass is 10.2. The first-order chi connectivity index (χ1) is 11.1. The molecular formula is C17H16INO4. The topological polar surface area (TPSA) is 64.6 Å². The Kier molecular flexibility index (Phi) is 6.40. The Labute approximate surface area is 148 Å². The molecule has 1 N–H and O–H groups in total. The van der Waals surface area contributed by atoms with Gasteiger partial charge in [-0.2, -0.15) is 0 Å². The number of anilines is 1. The Morgan fingerprint density at radius 1 is 1.13 bits per heavy atom. The molecule has 0 radical (unpaired) electrons. The van der Waals surface area contributed by atoms with Crippen molar-refractivity contribution < 1.29 is 19.1 Å². The Morgan fingerprint density at radius 2 is 1.87 bits per heavy atom. The van der Waals surface area contributed by atoms with Crippen molar-refractivity contribution in [1.29, 1.82) is 0 Å². The fourth-order valence-corrected chi connectivity index (χ4v) is 2.37. The second-order valence-corrected chi connectivity index (χ2v) is 5.84. The number of esters is 1. The largest absolute Gasteiger partial charge is 0.494 e. The van der Waals surface area contributed by atoms with Gasteiger partial charge in [-0.05, 0) is 72.0 Å². The molecule has 1 amide bonds. The summed E-state index contributed by atoms with van der Waals surface area (Å²) >= 11 is 2.11. The molecule has 0 saturated carbocycles. The molecule has 0 aliphatic heterocycles. The Morgan fingerprint density at radius 3 is 2.52 bits per heavy atom. The molecule has 0 unspecified atom stereocenters. The third kappa shape index (κ3) is 5.55. The average molecular weight is 425 g/mol. The summed E-state index contributed by atoms with van der Waals surface area (Å²) in [6.07, 6.45) is 0. The van der Waals surface area contributed by atoms with Gasteiger partial charge in [0.05, 0.1) is 12.2 Å². The van der Waals surface area contributed by atoms with Crippen molar-refractivity contribution in [2.24, 2.45) is 0 Å². The van der Waals surface area contributed by atoms with Crippen LogP contribution >= 0.6 is 22.6 Å². The lowest BCUT2D eigenvalue weighted by Crippen LogP contribution is -2.20. The van der Waals surface area contributed by atoms with Crippen molar-refractivity contribution in [2.75, 3.05) is 18.5 Å². The maximum absolute atomic E-state index is 11.8. The third-order valence-corrected chi connectivity index (χ3v) is 3.51. The highest BCUT2D eigenvalue weighted by Gasteiger charge is 2.10. The van der Waals surface area contributed by atoms with Gasteiger partial charge in [0.2, 0.25) is 0 Å². The smallest absolute Gasteiger partial charge is 0.338 e. The molecule has 0 heterocycles. The molecular weight excluding hydrogens is 409 g/mol. The van der Waals surface area contributed by atoms with Crippen LogP contribution in [-0.2, 0) is 9.53 Å². The van der Waals surface area contributed by atoms with E-state index in [1.807, 2.05) is 13.0 Å². The second kappa shape index (κ2) is 8.52. The van der Waals surface area contributed by atoms with Gasteiger partial charge >= 0.3 is 5.97 Å². The van der Waals surface area contributed by atoms with Gasteiger partial charge in [-0.25, -0.2) is 4.79 Å². The molecule has 5 nitrogen and oxygen atoms in total. The maximum atomic E-state index is 11.8. The first-order valence-electron chi connectivity index (χ1n) is 7.04. The van der Waals surface area contributed by atoms with Crippen LogP contribution in [0.3, 0.4) is 0 Å². The zero-order valence-electron chi connectivity index (χ0n) is 12.5. The van der Waals surface area contributed by atoms with Crippen LogP contribution < -0.4 is 10.1 Å². The Balaban J connectivity index is 1.84. The fraction of sp³-hybridized carbons (Fsp3) is 0.176. The lowest BCUT2D eigenvalue weighted by Gasteiger charge is -2.08. The first-order valence-corrected chi connectivity index (χ1v) is 8.11. The molecule has 0 atom stereocenters. The minimum absolute atomic E-state index is 0.336. The molecule has 0 spiro atoms. The number of hydrogen-bond acceptors (Lipinski definition) is 4. The van der Waals surface area contributed by atoms with Gasteiger partial charge in [0.25, 0.3) is 5.91 Å². The number of amides is 1. The van der Waals surface area contributed by atoms with Gasteiger partial charge < -0.3 is 14.8 Å². The molecule has 0 aliphatic carbocycles. The van der Waals surface area contributed by atoms with E-state index in [0.29, 0.717) is 17.9 Å². The van der Waals surface area contributed by atoms with Crippen molar-refractivity contribution in [3.63, 3.8) is 0 Å². The van der Waals surface area contributed by atoms with E-state index in [4.69, 9.17) is 9.47 Å². The van der Waals surface area contributed by atoms with E-state index in [1.165, 1.54) is 0 Å². The number of hydrogen-bond donors (Lipinski definition) is 1. The Hall–Kier alpha value is -2.09. The van der Waals surface area contributed by atoms with E-state index in [-0.39, 0.29) is 6.61 Å². The summed E-state index contributed by atoms with van der Waals surface area (Å²) < 4.78 is 11.2. The van der Waals surface area contributed by atoms with Crippen molar-refractivity contribution in [3.05, 3.63) is 57.7 Å². The van der Waals surface area contributed by atoms with Crippen LogP contribution in [0.5, 0.6) is 5.75 Å². The predicted molar refractivity (Wildman–Crippen MR) is 95.7 cm³/mol. The van der Waals surface area contributed by atoms with Gasteiger partial charge in [-0.1, -0.05) is 6.07 Å². The number of carbonyl (C=O) groups excluding carboxylic acids is 2. The number of ether oxygens (including phenoxy) is 2. The van der Waals surface area contributed by atoms with Crippen molar-refractivity contribution in [1.82, 2.24) is 0 Å². The predicted octanol–water partition coefficient (Wildman–Crippen LogP) is 3.49. The fourth-order valence-electron chi connectivity index (χ4n) is 1.83. The van der Waals surface area contributed by atoms with Gasteiger partial charge in [0.15, 0.2) is 6.61 Å². The molecule has 2 aromatic carbocycles. The molecule has 23 heavy (non-hydrogen) atoms. The van der Waals surface area contributed by atoms with Crippen LogP contribution in [0, 0.1) is 3.57 Å². The van der Waals surface area contributed by atoms with Crippen LogP contribution in [0.1, 0.15) is 17.3 Å². The summed E-state index contributed by atoms with van der Waals surface area (Å²) in [4.78, 5) is 23.7. The summed E-state index contributed by atoms with van der Waals surface area (Å²) in [7, 11) is 0. The second-order valence-electron chi connectivity index (χ2n) is 4.59. The quantitative estimate of drug-likeness (QED) is 0.569. The van der Waals surface area contributed by atoms with E-state index in [9.17, 15) is 9.59 Å². The molecule has 6 heteroatoms. The SMILES string of the molecule is CCOc1ccc(NC(=O)COC(=O)c2cccc(I)c2)cc1. The molecule has 2 rings (SSSR count). The molecule has 0 aliphatic rings. The molecule has 0 aromatic heterocycles. The molecule has 120 valence electrons. The van der Waals surface area contributed by atoms with Gasteiger partial charge in [0.1, 0.15) is 5.75 Å². The maximum Gasteiger partial charge on any atom is 0.338 e. The average Bonchev–Trinajstić information content (AvgIpc) is 2.55. The summed E-state index contributed by atoms with van der Waals surface area (Å²) in [5.74, 6) is -0.186. The number of carbonyl (C=O) groups is 2. The number of nitrogens with one attached hydrogen (secondary N) is 1. The highest BCUT2D eigenvalue weighted by Crippen LogP contribution is 2.15. The zero-order valence-corrected chi connectivity index (χ0v) is 14.7. The Bertz CT molecular complexity index is 685.